The topological polar surface area (TPSA) is 104 Å². The van der Waals surface area contributed by atoms with Crippen LogP contribution in [0.3, 0.4) is 0 Å². The van der Waals surface area contributed by atoms with Crippen LogP contribution in [0.4, 0.5) is 4.79 Å². The number of aromatic nitrogens is 2. The van der Waals surface area contributed by atoms with Crippen molar-refractivity contribution in [3.05, 3.63) is 11.4 Å². The van der Waals surface area contributed by atoms with Crippen molar-refractivity contribution < 1.29 is 17.9 Å². The van der Waals surface area contributed by atoms with Gasteiger partial charge in [-0.25, -0.2) is 17.9 Å². The van der Waals surface area contributed by atoms with Gasteiger partial charge in [-0.3, -0.25) is 5.10 Å². The van der Waals surface area contributed by atoms with Crippen molar-refractivity contribution in [1.82, 2.24) is 19.8 Å². The van der Waals surface area contributed by atoms with E-state index in [2.05, 4.69) is 19.7 Å². The average molecular weight is 316 g/mol. The van der Waals surface area contributed by atoms with E-state index in [1.807, 2.05) is 0 Å². The minimum Gasteiger partial charge on any atom is -0.453 e. The van der Waals surface area contributed by atoms with Gasteiger partial charge in [-0.05, 0) is 26.7 Å². The van der Waals surface area contributed by atoms with Crippen molar-refractivity contribution >= 4 is 16.1 Å². The van der Waals surface area contributed by atoms with Gasteiger partial charge in [0.1, 0.15) is 4.90 Å². The van der Waals surface area contributed by atoms with Gasteiger partial charge in [-0.2, -0.15) is 5.10 Å². The van der Waals surface area contributed by atoms with E-state index in [-0.39, 0.29) is 17.0 Å². The lowest BCUT2D eigenvalue weighted by molar-refractivity contribution is 0.111. The number of H-pyrrole nitrogens is 1. The van der Waals surface area contributed by atoms with Crippen LogP contribution in [0.5, 0.6) is 0 Å². The lowest BCUT2D eigenvalue weighted by Gasteiger charge is -2.31. The van der Waals surface area contributed by atoms with Crippen LogP contribution in [-0.4, -0.2) is 55.8 Å². The van der Waals surface area contributed by atoms with E-state index in [0.717, 1.165) is 0 Å². The molecule has 2 heterocycles. The Bertz CT molecular complexity index is 598. The van der Waals surface area contributed by atoms with Gasteiger partial charge < -0.3 is 9.64 Å². The van der Waals surface area contributed by atoms with Gasteiger partial charge in [0.2, 0.25) is 10.0 Å². The molecule has 0 aromatic carbocycles. The summed E-state index contributed by atoms with van der Waals surface area (Å²) >= 11 is 0. The number of aromatic amines is 1. The monoisotopic (exact) mass is 316 g/mol. The van der Waals surface area contributed by atoms with E-state index < -0.39 is 10.0 Å². The van der Waals surface area contributed by atoms with E-state index in [0.29, 0.717) is 37.3 Å². The number of nitrogens with zero attached hydrogens (tertiary/aromatic N) is 2. The molecule has 2 N–H and O–H groups in total. The molecule has 0 aliphatic carbocycles. The molecular formula is C12H20N4O4S. The maximum absolute atomic E-state index is 12.4. The number of carbonyl (C=O) groups excluding carboxylic acids is 1. The summed E-state index contributed by atoms with van der Waals surface area (Å²) in [6.45, 7) is 4.28. The molecule has 9 heteroatoms. The van der Waals surface area contributed by atoms with Crippen molar-refractivity contribution in [2.24, 2.45) is 0 Å². The first-order valence-corrected chi connectivity index (χ1v) is 8.20. The number of hydrogen-bond donors (Lipinski definition) is 2. The summed E-state index contributed by atoms with van der Waals surface area (Å²) in [7, 11) is -2.26. The number of aryl methyl sites for hydroxylation is 2. The number of amides is 1. The van der Waals surface area contributed by atoms with Crippen molar-refractivity contribution in [2.75, 3.05) is 20.2 Å². The Balaban J connectivity index is 2.02. The predicted molar refractivity (Wildman–Crippen MR) is 75.4 cm³/mol. The minimum absolute atomic E-state index is 0.190. The molecule has 1 fully saturated rings. The second kappa shape index (κ2) is 6.02. The molecule has 0 unspecified atom stereocenters. The first-order chi connectivity index (χ1) is 9.85. The zero-order chi connectivity index (χ0) is 15.6. The number of likely N-dealkylation sites (tertiary alicyclic amines) is 1. The minimum atomic E-state index is -3.60. The van der Waals surface area contributed by atoms with Gasteiger partial charge in [-0.1, -0.05) is 0 Å². The Kier molecular flexibility index (Phi) is 4.52. The molecule has 1 aliphatic heterocycles. The van der Waals surface area contributed by atoms with Crippen LogP contribution in [0.2, 0.25) is 0 Å². The number of rotatable bonds is 3. The molecule has 0 atom stereocenters. The molecule has 0 radical (unpaired) electrons. The fourth-order valence-electron chi connectivity index (χ4n) is 2.52. The highest BCUT2D eigenvalue weighted by molar-refractivity contribution is 7.89. The molecule has 0 saturated carbocycles. The van der Waals surface area contributed by atoms with E-state index in [1.54, 1.807) is 18.7 Å². The molecule has 8 nitrogen and oxygen atoms in total. The quantitative estimate of drug-likeness (QED) is 0.846. The van der Waals surface area contributed by atoms with Crippen molar-refractivity contribution in [3.8, 4) is 0 Å². The van der Waals surface area contributed by atoms with Crippen LogP contribution in [0.1, 0.15) is 24.2 Å². The molecule has 118 valence electrons. The van der Waals surface area contributed by atoms with Crippen LogP contribution in [0.15, 0.2) is 4.90 Å². The third-order valence-electron chi connectivity index (χ3n) is 3.58. The summed E-state index contributed by atoms with van der Waals surface area (Å²) in [5.41, 5.74) is 0.971. The summed E-state index contributed by atoms with van der Waals surface area (Å²) in [5, 5.41) is 6.58. The Morgan fingerprint density at radius 2 is 2.00 bits per heavy atom. The molecule has 1 aliphatic rings. The summed E-state index contributed by atoms with van der Waals surface area (Å²) in [6, 6.07) is -0.190. The molecule has 21 heavy (non-hydrogen) atoms. The standard InChI is InChI=1S/C12H20N4O4S/c1-8-11(9(2)14-13-8)21(18,19)15-10-4-6-16(7-5-10)12(17)20-3/h10,15H,4-7H2,1-3H3,(H,13,14). The zero-order valence-electron chi connectivity index (χ0n) is 12.3. The highest BCUT2D eigenvalue weighted by Crippen LogP contribution is 2.19. The van der Waals surface area contributed by atoms with E-state index >= 15 is 0 Å². The number of carbonyl (C=O) groups is 1. The maximum atomic E-state index is 12.4. The fourth-order valence-corrected chi connectivity index (χ4v) is 4.20. The Morgan fingerprint density at radius 3 is 2.48 bits per heavy atom. The molecule has 0 spiro atoms. The van der Waals surface area contributed by atoms with Gasteiger partial charge in [0.25, 0.3) is 0 Å². The number of hydrogen-bond acceptors (Lipinski definition) is 5. The van der Waals surface area contributed by atoms with E-state index in [9.17, 15) is 13.2 Å². The SMILES string of the molecule is COC(=O)N1CCC(NS(=O)(=O)c2c(C)n[nH]c2C)CC1. The van der Waals surface area contributed by atoms with Gasteiger partial charge in [0.15, 0.2) is 0 Å². The fraction of sp³-hybridized carbons (Fsp3) is 0.667. The van der Waals surface area contributed by atoms with Gasteiger partial charge in [0.05, 0.1) is 18.5 Å². The third kappa shape index (κ3) is 3.35. The van der Waals surface area contributed by atoms with Crippen LogP contribution in [0.25, 0.3) is 0 Å². The first-order valence-electron chi connectivity index (χ1n) is 6.72. The van der Waals surface area contributed by atoms with Crippen LogP contribution < -0.4 is 4.72 Å². The predicted octanol–water partition coefficient (Wildman–Crippen LogP) is 0.536. The second-order valence-electron chi connectivity index (χ2n) is 5.12. The Hall–Kier alpha value is -1.61. The average Bonchev–Trinajstić information content (AvgIpc) is 2.78. The highest BCUT2D eigenvalue weighted by Gasteiger charge is 2.29. The summed E-state index contributed by atoms with van der Waals surface area (Å²) < 4.78 is 32.1. The number of sulfonamides is 1. The largest absolute Gasteiger partial charge is 0.453 e. The van der Waals surface area contributed by atoms with Crippen molar-refractivity contribution in [1.29, 1.82) is 0 Å². The van der Waals surface area contributed by atoms with Crippen molar-refractivity contribution in [3.63, 3.8) is 0 Å². The molecular weight excluding hydrogens is 296 g/mol. The zero-order valence-corrected chi connectivity index (χ0v) is 13.2. The number of nitrogens with one attached hydrogen (secondary N) is 2. The van der Waals surface area contributed by atoms with Gasteiger partial charge >= 0.3 is 6.09 Å². The first kappa shape index (κ1) is 15.8. The van der Waals surface area contributed by atoms with E-state index in [1.165, 1.54) is 7.11 Å². The molecule has 2 rings (SSSR count). The summed E-state index contributed by atoms with van der Waals surface area (Å²) in [6.07, 6.45) is 0.743. The Labute approximate surface area is 123 Å². The lowest BCUT2D eigenvalue weighted by Crippen LogP contribution is -2.46. The van der Waals surface area contributed by atoms with Gasteiger partial charge in [0, 0.05) is 19.1 Å². The van der Waals surface area contributed by atoms with Crippen molar-refractivity contribution in [2.45, 2.75) is 37.6 Å². The maximum Gasteiger partial charge on any atom is 0.409 e. The van der Waals surface area contributed by atoms with Gasteiger partial charge in [-0.15, -0.1) is 0 Å². The molecule has 1 aromatic rings. The summed E-state index contributed by atoms with van der Waals surface area (Å²) in [4.78, 5) is 13.2. The highest BCUT2D eigenvalue weighted by atomic mass is 32.2. The second-order valence-corrected chi connectivity index (χ2v) is 6.77. The third-order valence-corrected chi connectivity index (χ3v) is 5.36. The van der Waals surface area contributed by atoms with Crippen LogP contribution in [0, 0.1) is 13.8 Å². The number of piperidine rings is 1. The molecule has 1 aromatic heterocycles. The van der Waals surface area contributed by atoms with E-state index in [4.69, 9.17) is 0 Å². The van der Waals surface area contributed by atoms with Crippen LogP contribution >= 0.6 is 0 Å². The normalized spacial score (nSPS) is 17.0. The van der Waals surface area contributed by atoms with Crippen LogP contribution in [-0.2, 0) is 14.8 Å². The molecule has 1 amide bonds. The Morgan fingerprint density at radius 1 is 1.38 bits per heavy atom. The summed E-state index contributed by atoms with van der Waals surface area (Å²) in [5.74, 6) is 0. The number of methoxy groups -OCH3 is 1. The number of ether oxygens (including phenoxy) is 1. The molecule has 1 saturated heterocycles. The smallest absolute Gasteiger partial charge is 0.409 e. The lowest BCUT2D eigenvalue weighted by atomic mass is 10.1. The molecule has 0 bridgehead atoms.